The molecule has 0 aliphatic heterocycles. The third-order valence-electron chi connectivity index (χ3n) is 5.91. The molecule has 0 unspecified atom stereocenters. The maximum atomic E-state index is 12.7. The fourth-order valence-electron chi connectivity index (χ4n) is 3.59. The van der Waals surface area contributed by atoms with Crippen LogP contribution in [0.25, 0.3) is 0 Å². The molecular weight excluding hydrogens is 456 g/mol. The molecule has 0 fully saturated rings. The summed E-state index contributed by atoms with van der Waals surface area (Å²) in [6.45, 7) is 6.84. The van der Waals surface area contributed by atoms with Gasteiger partial charge in [0, 0.05) is 0 Å². The Morgan fingerprint density at radius 3 is 1.81 bits per heavy atom. The van der Waals surface area contributed by atoms with Crippen molar-refractivity contribution in [2.24, 2.45) is 7.05 Å². The van der Waals surface area contributed by atoms with Gasteiger partial charge < -0.3 is 14.2 Å². The van der Waals surface area contributed by atoms with E-state index < -0.39 is 11.9 Å². The van der Waals surface area contributed by atoms with Gasteiger partial charge in [-0.2, -0.15) is 0 Å². The molecule has 4 rings (SSSR count). The summed E-state index contributed by atoms with van der Waals surface area (Å²) in [4.78, 5) is 25.2. The molecule has 0 saturated heterocycles. The second-order valence-electron chi connectivity index (χ2n) is 8.65. The minimum atomic E-state index is -0.478. The van der Waals surface area contributed by atoms with E-state index in [-0.39, 0.29) is 0 Å². The SMILES string of the molecule is Cc1ccc(C(=O)Oc2ccc(OC(=O)c3ccc(OCC[n+]4ccn(C)c4)cc3)c(C)c2C)cc1. The molecule has 0 radical (unpaired) electrons. The minimum absolute atomic E-state index is 0.409. The standard InChI is InChI=1S/C29H29N2O5/c1-20-5-7-23(8-6-20)28(32)35-26-13-14-27(22(3)21(26)2)36-29(33)24-9-11-25(12-10-24)34-18-17-31-16-15-30(4)19-31/h5-16,19H,17-18H2,1-4H3/q+1. The second kappa shape index (κ2) is 10.9. The van der Waals surface area contributed by atoms with Gasteiger partial charge >= 0.3 is 11.9 Å². The number of hydrogen-bond acceptors (Lipinski definition) is 5. The molecule has 0 saturated carbocycles. The molecule has 7 heteroatoms. The third-order valence-corrected chi connectivity index (χ3v) is 5.91. The first-order valence-electron chi connectivity index (χ1n) is 11.7. The summed E-state index contributed by atoms with van der Waals surface area (Å²) in [5.74, 6) is 0.593. The molecule has 4 aromatic rings. The van der Waals surface area contributed by atoms with Crippen LogP contribution >= 0.6 is 0 Å². The van der Waals surface area contributed by atoms with Gasteiger partial charge in [0.15, 0.2) is 0 Å². The van der Waals surface area contributed by atoms with Crippen LogP contribution in [0.5, 0.6) is 17.2 Å². The summed E-state index contributed by atoms with van der Waals surface area (Å²) < 4.78 is 21.0. The number of hydrogen-bond donors (Lipinski definition) is 0. The second-order valence-corrected chi connectivity index (χ2v) is 8.65. The lowest BCUT2D eigenvalue weighted by molar-refractivity contribution is -0.697. The van der Waals surface area contributed by atoms with E-state index in [0.717, 1.165) is 23.2 Å². The largest absolute Gasteiger partial charge is 0.489 e. The van der Waals surface area contributed by atoms with Crippen molar-refractivity contribution < 1.29 is 28.4 Å². The number of carbonyl (C=O) groups is 2. The van der Waals surface area contributed by atoms with Gasteiger partial charge in [-0.25, -0.2) is 18.7 Å². The molecule has 0 amide bonds. The Morgan fingerprint density at radius 2 is 1.31 bits per heavy atom. The van der Waals surface area contributed by atoms with Crippen LogP contribution in [0, 0.1) is 20.8 Å². The number of rotatable bonds is 8. The Kier molecular flexibility index (Phi) is 7.49. The van der Waals surface area contributed by atoms with Gasteiger partial charge in [0.25, 0.3) is 0 Å². The van der Waals surface area contributed by atoms with Gasteiger partial charge in [0.1, 0.15) is 42.8 Å². The number of imidazole rings is 1. The number of esters is 2. The van der Waals surface area contributed by atoms with Crippen molar-refractivity contribution in [1.29, 1.82) is 0 Å². The molecule has 36 heavy (non-hydrogen) atoms. The Labute approximate surface area is 210 Å². The molecular formula is C29H29N2O5+. The van der Waals surface area contributed by atoms with Crippen LogP contribution < -0.4 is 18.8 Å². The molecule has 0 spiro atoms. The van der Waals surface area contributed by atoms with Gasteiger partial charge in [-0.05, 0) is 80.4 Å². The average molecular weight is 486 g/mol. The highest BCUT2D eigenvalue weighted by Gasteiger charge is 2.16. The Balaban J connectivity index is 1.35. The summed E-state index contributed by atoms with van der Waals surface area (Å²) in [7, 11) is 1.97. The van der Waals surface area contributed by atoms with Gasteiger partial charge in [0.05, 0.1) is 18.2 Å². The Hall–Kier alpha value is -4.39. The third kappa shape index (κ3) is 5.99. The first kappa shape index (κ1) is 24.7. The zero-order chi connectivity index (χ0) is 25.7. The molecule has 1 heterocycles. The molecule has 0 bridgehead atoms. The average Bonchev–Trinajstić information content (AvgIpc) is 3.29. The topological polar surface area (TPSA) is 70.6 Å². The van der Waals surface area contributed by atoms with Crippen LogP contribution in [0.15, 0.2) is 79.4 Å². The summed E-state index contributed by atoms with van der Waals surface area (Å²) in [6.07, 6.45) is 5.93. The van der Waals surface area contributed by atoms with E-state index in [9.17, 15) is 9.59 Å². The van der Waals surface area contributed by atoms with E-state index in [2.05, 4.69) is 0 Å². The van der Waals surface area contributed by atoms with Crippen molar-refractivity contribution in [3.63, 3.8) is 0 Å². The fourth-order valence-corrected chi connectivity index (χ4v) is 3.59. The number of aromatic nitrogens is 2. The van der Waals surface area contributed by atoms with Crippen molar-refractivity contribution in [1.82, 2.24) is 4.57 Å². The van der Waals surface area contributed by atoms with Gasteiger partial charge in [-0.1, -0.05) is 17.7 Å². The first-order valence-corrected chi connectivity index (χ1v) is 11.7. The van der Waals surface area contributed by atoms with Crippen molar-refractivity contribution in [2.75, 3.05) is 6.61 Å². The zero-order valence-electron chi connectivity index (χ0n) is 20.9. The predicted molar refractivity (Wildman–Crippen MR) is 135 cm³/mol. The van der Waals surface area contributed by atoms with E-state index >= 15 is 0 Å². The maximum Gasteiger partial charge on any atom is 0.343 e. The quantitative estimate of drug-likeness (QED) is 0.205. The van der Waals surface area contributed by atoms with E-state index in [4.69, 9.17) is 14.2 Å². The van der Waals surface area contributed by atoms with E-state index in [1.807, 2.05) is 67.8 Å². The molecule has 3 aromatic carbocycles. The normalized spacial score (nSPS) is 10.7. The summed E-state index contributed by atoms with van der Waals surface area (Å²) in [5.41, 5.74) is 3.39. The van der Waals surface area contributed by atoms with Gasteiger partial charge in [-0.3, -0.25) is 0 Å². The highest BCUT2D eigenvalue weighted by Crippen LogP contribution is 2.30. The van der Waals surface area contributed by atoms with Crippen LogP contribution in [-0.2, 0) is 13.6 Å². The first-order chi connectivity index (χ1) is 17.3. The van der Waals surface area contributed by atoms with Crippen molar-refractivity contribution in [3.05, 3.63) is 107 Å². The molecule has 7 nitrogen and oxygen atoms in total. The zero-order valence-corrected chi connectivity index (χ0v) is 20.9. The van der Waals surface area contributed by atoms with Crippen LogP contribution in [0.1, 0.15) is 37.4 Å². The molecule has 0 atom stereocenters. The van der Waals surface area contributed by atoms with E-state index in [1.165, 1.54) is 0 Å². The van der Waals surface area contributed by atoms with Crippen LogP contribution in [-0.4, -0.2) is 23.1 Å². The van der Waals surface area contributed by atoms with Crippen LogP contribution in [0.3, 0.4) is 0 Å². The number of nitrogens with zero attached hydrogens (tertiary/aromatic N) is 2. The van der Waals surface area contributed by atoms with Crippen LogP contribution in [0.2, 0.25) is 0 Å². The van der Waals surface area contributed by atoms with Crippen molar-refractivity contribution in [2.45, 2.75) is 27.3 Å². The summed E-state index contributed by atoms with van der Waals surface area (Å²) in [6, 6.07) is 17.3. The lowest BCUT2D eigenvalue weighted by atomic mass is 10.1. The molecule has 184 valence electrons. The molecule has 0 aliphatic carbocycles. The van der Waals surface area contributed by atoms with Crippen LogP contribution in [0.4, 0.5) is 0 Å². The molecule has 0 N–H and O–H groups in total. The van der Waals surface area contributed by atoms with Crippen molar-refractivity contribution in [3.8, 4) is 17.2 Å². The molecule has 0 aliphatic rings. The summed E-state index contributed by atoms with van der Waals surface area (Å²) >= 11 is 0. The minimum Gasteiger partial charge on any atom is -0.489 e. The maximum absolute atomic E-state index is 12.7. The molecule has 1 aromatic heterocycles. The van der Waals surface area contributed by atoms with Gasteiger partial charge in [0.2, 0.25) is 6.33 Å². The fraction of sp³-hybridized carbons (Fsp3) is 0.207. The van der Waals surface area contributed by atoms with E-state index in [0.29, 0.717) is 35.0 Å². The van der Waals surface area contributed by atoms with Crippen molar-refractivity contribution >= 4 is 11.9 Å². The number of ether oxygens (including phenoxy) is 3. The highest BCUT2D eigenvalue weighted by molar-refractivity contribution is 5.92. The Bertz CT molecular complexity index is 1370. The van der Waals surface area contributed by atoms with Gasteiger partial charge in [-0.15, -0.1) is 0 Å². The monoisotopic (exact) mass is 485 g/mol. The van der Waals surface area contributed by atoms with E-state index in [1.54, 1.807) is 48.5 Å². The smallest absolute Gasteiger partial charge is 0.343 e. The Morgan fingerprint density at radius 1 is 0.778 bits per heavy atom. The highest BCUT2D eigenvalue weighted by atomic mass is 16.5. The lowest BCUT2D eigenvalue weighted by Gasteiger charge is -2.14. The summed E-state index contributed by atoms with van der Waals surface area (Å²) in [5, 5.41) is 0. The lowest BCUT2D eigenvalue weighted by Crippen LogP contribution is -2.34. The number of carbonyl (C=O) groups excluding carboxylic acids is 2. The number of benzene rings is 3. The number of aryl methyl sites for hydroxylation is 2. The predicted octanol–water partition coefficient (Wildman–Crippen LogP) is 4.76.